The monoisotopic (exact) mass is 813 g/mol. The van der Waals surface area contributed by atoms with Gasteiger partial charge in [-0.2, -0.15) is 0 Å². The van der Waals surface area contributed by atoms with Crippen LogP contribution in [0.25, 0.3) is 0 Å². The van der Waals surface area contributed by atoms with Gasteiger partial charge in [0.25, 0.3) is 0 Å². The van der Waals surface area contributed by atoms with E-state index in [1.54, 1.807) is 6.08 Å². The average Bonchev–Trinajstić information content (AvgIpc) is 3.17. The van der Waals surface area contributed by atoms with E-state index in [4.69, 9.17) is 14.8 Å². The molecule has 0 aliphatic rings. The second kappa shape index (κ2) is 41.8. The van der Waals surface area contributed by atoms with Crippen molar-refractivity contribution in [1.82, 2.24) is 5.32 Å². The summed E-state index contributed by atoms with van der Waals surface area (Å²) in [6.45, 7) is 3.95. The summed E-state index contributed by atoms with van der Waals surface area (Å²) in [5, 5.41) is 24.0. The van der Waals surface area contributed by atoms with Crippen LogP contribution in [0.2, 0.25) is 0 Å². The van der Waals surface area contributed by atoms with E-state index in [9.17, 15) is 24.5 Å². The summed E-state index contributed by atoms with van der Waals surface area (Å²) in [6.07, 6.45) is 46.6. The molecule has 0 rings (SSSR count). The van der Waals surface area contributed by atoms with Gasteiger partial charge in [-0.1, -0.05) is 198 Å². The average molecular weight is 813 g/mol. The lowest BCUT2D eigenvalue weighted by atomic mass is 10.0. The Bertz CT molecular complexity index is 993. The molecule has 6 N–H and O–H groups in total. The molecule has 0 aliphatic carbocycles. The predicted molar refractivity (Wildman–Crippen MR) is 237 cm³/mol. The first kappa shape index (κ1) is 54.7. The summed E-state index contributed by atoms with van der Waals surface area (Å²) in [5.41, 5.74) is 5.36. The van der Waals surface area contributed by atoms with Gasteiger partial charge in [-0.3, -0.25) is 13.8 Å². The van der Waals surface area contributed by atoms with Gasteiger partial charge in [-0.15, -0.1) is 0 Å². The zero-order valence-corrected chi connectivity index (χ0v) is 37.1. The summed E-state index contributed by atoms with van der Waals surface area (Å²) in [6, 6.07) is -1.00. The fraction of sp³-hybridized carbons (Fsp3) is 0.848. The van der Waals surface area contributed by atoms with Crippen molar-refractivity contribution in [3.05, 3.63) is 36.5 Å². The van der Waals surface area contributed by atoms with Gasteiger partial charge in [0, 0.05) is 6.54 Å². The molecule has 0 aromatic heterocycles. The first-order valence-electron chi connectivity index (χ1n) is 23.2. The maximum absolute atomic E-state index is 12.8. The van der Waals surface area contributed by atoms with E-state index < -0.39 is 38.6 Å². The van der Waals surface area contributed by atoms with E-state index >= 15 is 0 Å². The molecule has 0 saturated heterocycles. The number of aliphatic hydroxyl groups excluding tert-OH is 2. The second-order valence-electron chi connectivity index (χ2n) is 15.8. The van der Waals surface area contributed by atoms with Crippen molar-refractivity contribution in [3.63, 3.8) is 0 Å². The molecule has 0 saturated carbocycles. The SMILES string of the molecule is CCCCCCCCCCCC/C=C/CC/C=C/CC/C=C/C(O)C(COP(=O)(O)OCCN)NC(=O)CC(O)CCCCCCCCCCCCCCCC. The molecule has 0 fully saturated rings. The number of phosphoric acid groups is 1. The fourth-order valence-electron chi connectivity index (χ4n) is 6.74. The maximum atomic E-state index is 12.8. The number of rotatable bonds is 43. The van der Waals surface area contributed by atoms with Crippen LogP contribution in [0.3, 0.4) is 0 Å². The highest BCUT2D eigenvalue weighted by Gasteiger charge is 2.27. The maximum Gasteiger partial charge on any atom is 0.472 e. The number of aliphatic hydroxyl groups is 2. The van der Waals surface area contributed by atoms with Crippen LogP contribution in [0.15, 0.2) is 36.5 Å². The number of unbranched alkanes of at least 4 members (excludes halogenated alkanes) is 25. The van der Waals surface area contributed by atoms with Crippen LogP contribution >= 0.6 is 7.82 Å². The Morgan fingerprint density at radius 3 is 1.48 bits per heavy atom. The van der Waals surface area contributed by atoms with Crippen molar-refractivity contribution in [2.45, 2.75) is 231 Å². The Kier molecular flexibility index (Phi) is 40.8. The van der Waals surface area contributed by atoms with E-state index in [2.05, 4.69) is 43.5 Å². The van der Waals surface area contributed by atoms with Crippen molar-refractivity contribution >= 4 is 13.7 Å². The van der Waals surface area contributed by atoms with Gasteiger partial charge in [0.15, 0.2) is 0 Å². The van der Waals surface area contributed by atoms with Gasteiger partial charge in [0.2, 0.25) is 5.91 Å². The van der Waals surface area contributed by atoms with E-state index in [-0.39, 0.29) is 19.6 Å². The zero-order chi connectivity index (χ0) is 41.2. The lowest BCUT2D eigenvalue weighted by Crippen LogP contribution is -2.46. The van der Waals surface area contributed by atoms with E-state index in [0.717, 1.165) is 44.9 Å². The van der Waals surface area contributed by atoms with Gasteiger partial charge >= 0.3 is 7.82 Å². The third kappa shape index (κ3) is 39.5. The highest BCUT2D eigenvalue weighted by Crippen LogP contribution is 2.43. The Morgan fingerprint density at radius 1 is 0.607 bits per heavy atom. The molecule has 0 aromatic rings. The first-order valence-corrected chi connectivity index (χ1v) is 24.7. The van der Waals surface area contributed by atoms with Crippen LogP contribution in [0.5, 0.6) is 0 Å². The van der Waals surface area contributed by atoms with E-state index in [1.807, 2.05) is 6.08 Å². The Balaban J connectivity index is 4.36. The van der Waals surface area contributed by atoms with Crippen LogP contribution < -0.4 is 11.1 Å². The van der Waals surface area contributed by atoms with Crippen molar-refractivity contribution in [1.29, 1.82) is 0 Å². The van der Waals surface area contributed by atoms with Gasteiger partial charge in [0.05, 0.1) is 37.9 Å². The highest BCUT2D eigenvalue weighted by atomic mass is 31.2. The zero-order valence-electron chi connectivity index (χ0n) is 36.2. The van der Waals surface area contributed by atoms with Gasteiger partial charge in [-0.05, 0) is 44.9 Å². The molecule has 4 unspecified atom stereocenters. The van der Waals surface area contributed by atoms with Crippen LogP contribution in [0, 0.1) is 0 Å². The molecule has 0 aliphatic heterocycles. The Hall–Kier alpha value is -1.32. The number of nitrogens with one attached hydrogen (secondary N) is 1. The van der Waals surface area contributed by atoms with E-state index in [1.165, 1.54) is 135 Å². The third-order valence-electron chi connectivity index (χ3n) is 10.3. The molecule has 330 valence electrons. The normalized spacial score (nSPS) is 14.9. The quantitative estimate of drug-likeness (QED) is 0.0232. The molecule has 56 heavy (non-hydrogen) atoms. The number of nitrogens with two attached hydrogens (primary N) is 1. The molecule has 0 radical (unpaired) electrons. The lowest BCUT2D eigenvalue weighted by molar-refractivity contribution is -0.124. The smallest absolute Gasteiger partial charge is 0.393 e. The number of allylic oxidation sites excluding steroid dienone is 5. The van der Waals surface area contributed by atoms with Crippen LogP contribution in [-0.4, -0.2) is 59.0 Å². The summed E-state index contributed by atoms with van der Waals surface area (Å²) in [7, 11) is -4.41. The number of carbonyl (C=O) groups excluding carboxylic acids is 1. The number of amides is 1. The molecule has 0 heterocycles. The summed E-state index contributed by atoms with van der Waals surface area (Å²) < 4.78 is 22.1. The molecule has 1 amide bonds. The molecule has 4 atom stereocenters. The van der Waals surface area contributed by atoms with Crippen molar-refractivity contribution in [2.24, 2.45) is 5.73 Å². The molecule has 9 nitrogen and oxygen atoms in total. The lowest BCUT2D eigenvalue weighted by Gasteiger charge is -2.24. The standard InChI is InChI=1S/C46H89N2O7P/c1-3-5-7-9-11-13-15-17-19-20-21-22-23-24-26-28-30-32-34-36-38-45(50)44(42-55-56(52,53)54-40-39-47)48-46(51)41-43(49)37-35-33-31-29-27-25-18-16-14-12-10-8-6-4-2/h22-23,28,30,36,38,43-45,49-50H,3-21,24-27,29,31-35,37,39-42,47H2,1-2H3,(H,48,51)(H,52,53)/b23-22+,30-28+,38-36+. The van der Waals surface area contributed by atoms with Crippen LogP contribution in [0.4, 0.5) is 0 Å². The minimum atomic E-state index is -4.41. The number of carbonyl (C=O) groups is 1. The highest BCUT2D eigenvalue weighted by molar-refractivity contribution is 7.47. The molecule has 10 heteroatoms. The molecule has 0 bridgehead atoms. The number of hydrogen-bond acceptors (Lipinski definition) is 7. The minimum Gasteiger partial charge on any atom is -0.393 e. The summed E-state index contributed by atoms with van der Waals surface area (Å²) >= 11 is 0. The number of phosphoric ester groups is 1. The predicted octanol–water partition coefficient (Wildman–Crippen LogP) is 12.1. The Labute approximate surface area is 344 Å². The largest absolute Gasteiger partial charge is 0.472 e. The minimum absolute atomic E-state index is 0.0429. The summed E-state index contributed by atoms with van der Waals surface area (Å²) in [4.78, 5) is 22.8. The fourth-order valence-corrected chi connectivity index (χ4v) is 7.50. The van der Waals surface area contributed by atoms with Gasteiger partial charge < -0.3 is 26.2 Å². The van der Waals surface area contributed by atoms with Gasteiger partial charge in [-0.25, -0.2) is 4.57 Å². The molecule has 0 aromatic carbocycles. The van der Waals surface area contributed by atoms with Crippen LogP contribution in [0.1, 0.15) is 213 Å². The molecular formula is C46H89N2O7P. The summed E-state index contributed by atoms with van der Waals surface area (Å²) in [5.74, 6) is -0.458. The van der Waals surface area contributed by atoms with Crippen molar-refractivity contribution in [3.8, 4) is 0 Å². The topological polar surface area (TPSA) is 151 Å². The molecule has 0 spiro atoms. The van der Waals surface area contributed by atoms with Crippen molar-refractivity contribution < 1.29 is 33.5 Å². The van der Waals surface area contributed by atoms with Crippen LogP contribution in [-0.2, 0) is 18.4 Å². The Morgan fingerprint density at radius 2 is 1.02 bits per heavy atom. The van der Waals surface area contributed by atoms with E-state index in [0.29, 0.717) is 12.8 Å². The van der Waals surface area contributed by atoms with Gasteiger partial charge in [0.1, 0.15) is 0 Å². The van der Waals surface area contributed by atoms with Crippen molar-refractivity contribution in [2.75, 3.05) is 19.8 Å². The second-order valence-corrected chi connectivity index (χ2v) is 17.2. The number of hydrogen-bond donors (Lipinski definition) is 5. The first-order chi connectivity index (χ1) is 27.3. The third-order valence-corrected chi connectivity index (χ3v) is 11.2. The molecular weight excluding hydrogens is 723 g/mol.